The van der Waals surface area contributed by atoms with E-state index in [1.165, 1.54) is 31.2 Å². The van der Waals surface area contributed by atoms with Crippen molar-refractivity contribution in [3.8, 4) is 0 Å². The smallest absolute Gasteiger partial charge is 0.239 e. The van der Waals surface area contributed by atoms with Crippen molar-refractivity contribution in [3.63, 3.8) is 0 Å². The topological polar surface area (TPSA) is 41.1 Å². The zero-order valence-electron chi connectivity index (χ0n) is 12.5. The number of carbonyl (C=O) groups is 1. The van der Waals surface area contributed by atoms with Crippen molar-refractivity contribution in [2.24, 2.45) is 0 Å². The van der Waals surface area contributed by atoms with E-state index in [0.29, 0.717) is 12.6 Å². The molecule has 1 amide bonds. The third kappa shape index (κ3) is 4.87. The second kappa shape index (κ2) is 7.93. The molecule has 0 radical (unpaired) electrons. The maximum Gasteiger partial charge on any atom is 0.239 e. The summed E-state index contributed by atoms with van der Waals surface area (Å²) in [5, 5.41) is 6.34. The molecule has 1 aromatic carbocycles. The van der Waals surface area contributed by atoms with Crippen LogP contribution in [0.3, 0.4) is 0 Å². The number of rotatable bonds is 5. The van der Waals surface area contributed by atoms with Crippen LogP contribution in [0, 0.1) is 0 Å². The lowest BCUT2D eigenvalue weighted by atomic mass is 10.1. The first-order valence-electron chi connectivity index (χ1n) is 7.90. The van der Waals surface area contributed by atoms with Crippen molar-refractivity contribution in [3.05, 3.63) is 29.8 Å². The molecule has 0 atom stereocenters. The molecule has 2 N–H and O–H groups in total. The van der Waals surface area contributed by atoms with E-state index in [-0.39, 0.29) is 5.91 Å². The molecular weight excluding hydrogens is 248 g/mol. The van der Waals surface area contributed by atoms with Crippen LogP contribution in [0.2, 0.25) is 0 Å². The summed E-state index contributed by atoms with van der Waals surface area (Å²) in [5.74, 6) is 0.108. The van der Waals surface area contributed by atoms with Crippen LogP contribution in [0.15, 0.2) is 24.3 Å². The molecule has 3 heteroatoms. The van der Waals surface area contributed by atoms with Gasteiger partial charge in [0.2, 0.25) is 5.91 Å². The lowest BCUT2D eigenvalue weighted by molar-refractivity contribution is -0.120. The largest absolute Gasteiger partial charge is 0.376 e. The third-order valence-corrected chi connectivity index (χ3v) is 4.04. The van der Waals surface area contributed by atoms with Crippen LogP contribution in [-0.2, 0) is 11.2 Å². The molecule has 1 aromatic rings. The van der Waals surface area contributed by atoms with Gasteiger partial charge in [-0.1, -0.05) is 44.7 Å². The molecule has 0 bridgehead atoms. The van der Waals surface area contributed by atoms with Crippen LogP contribution >= 0.6 is 0 Å². The van der Waals surface area contributed by atoms with Gasteiger partial charge in [-0.15, -0.1) is 0 Å². The SMILES string of the molecule is CCc1ccc(NCC(=O)NC2CCCCCC2)cc1. The molecular formula is C17H26N2O. The van der Waals surface area contributed by atoms with Crippen molar-refractivity contribution in [2.75, 3.05) is 11.9 Å². The van der Waals surface area contributed by atoms with Crippen LogP contribution < -0.4 is 10.6 Å². The minimum absolute atomic E-state index is 0.108. The van der Waals surface area contributed by atoms with Gasteiger partial charge in [-0.3, -0.25) is 4.79 Å². The molecule has 1 aliphatic carbocycles. The van der Waals surface area contributed by atoms with Gasteiger partial charge < -0.3 is 10.6 Å². The highest BCUT2D eigenvalue weighted by molar-refractivity contribution is 5.80. The van der Waals surface area contributed by atoms with E-state index in [2.05, 4.69) is 29.7 Å². The fraction of sp³-hybridized carbons (Fsp3) is 0.588. The Kier molecular flexibility index (Phi) is 5.90. The van der Waals surface area contributed by atoms with Gasteiger partial charge in [0.25, 0.3) is 0 Å². The summed E-state index contributed by atoms with van der Waals surface area (Å²) in [5.41, 5.74) is 2.33. The third-order valence-electron chi connectivity index (χ3n) is 4.04. The monoisotopic (exact) mass is 274 g/mol. The van der Waals surface area contributed by atoms with Crippen LogP contribution in [0.4, 0.5) is 5.69 Å². The Hall–Kier alpha value is -1.51. The van der Waals surface area contributed by atoms with Crippen LogP contribution in [0.5, 0.6) is 0 Å². The first-order valence-corrected chi connectivity index (χ1v) is 7.90. The molecule has 20 heavy (non-hydrogen) atoms. The molecule has 1 saturated carbocycles. The quantitative estimate of drug-likeness (QED) is 0.807. The highest BCUT2D eigenvalue weighted by atomic mass is 16.1. The van der Waals surface area contributed by atoms with Gasteiger partial charge in [0.1, 0.15) is 0 Å². The maximum absolute atomic E-state index is 11.9. The summed E-state index contributed by atoms with van der Waals surface area (Å²) < 4.78 is 0. The van der Waals surface area contributed by atoms with Crippen molar-refractivity contribution in [1.29, 1.82) is 0 Å². The standard InChI is InChI=1S/C17H26N2O/c1-2-14-9-11-15(12-10-14)18-13-17(20)19-16-7-5-3-4-6-8-16/h9-12,16,18H,2-8,13H2,1H3,(H,19,20). The molecule has 3 nitrogen and oxygen atoms in total. The Morgan fingerprint density at radius 3 is 2.35 bits per heavy atom. The molecule has 0 spiro atoms. The Morgan fingerprint density at radius 2 is 1.75 bits per heavy atom. The number of aryl methyl sites for hydroxylation is 1. The zero-order chi connectivity index (χ0) is 14.2. The van der Waals surface area contributed by atoms with Crippen LogP contribution in [0.25, 0.3) is 0 Å². The van der Waals surface area contributed by atoms with E-state index in [1.807, 2.05) is 12.1 Å². The Bertz CT molecular complexity index is 406. The molecule has 0 heterocycles. The van der Waals surface area contributed by atoms with E-state index in [1.54, 1.807) is 0 Å². The number of carbonyl (C=O) groups excluding carboxylic acids is 1. The Morgan fingerprint density at radius 1 is 1.10 bits per heavy atom. The van der Waals surface area contributed by atoms with E-state index in [4.69, 9.17) is 0 Å². The summed E-state index contributed by atoms with van der Waals surface area (Å²) in [6, 6.07) is 8.67. The van der Waals surface area contributed by atoms with Gasteiger partial charge in [-0.05, 0) is 37.0 Å². The van der Waals surface area contributed by atoms with Gasteiger partial charge in [-0.2, -0.15) is 0 Å². The first-order chi connectivity index (χ1) is 9.78. The number of nitrogens with one attached hydrogen (secondary N) is 2. The summed E-state index contributed by atoms with van der Waals surface area (Å²) in [4.78, 5) is 11.9. The van der Waals surface area contributed by atoms with Gasteiger partial charge >= 0.3 is 0 Å². The lowest BCUT2D eigenvalue weighted by Crippen LogP contribution is -2.38. The molecule has 0 saturated heterocycles. The maximum atomic E-state index is 11.9. The zero-order valence-corrected chi connectivity index (χ0v) is 12.5. The van der Waals surface area contributed by atoms with Gasteiger partial charge in [0.15, 0.2) is 0 Å². The van der Waals surface area contributed by atoms with E-state index in [0.717, 1.165) is 24.9 Å². The van der Waals surface area contributed by atoms with Crippen LogP contribution in [0.1, 0.15) is 51.0 Å². The van der Waals surface area contributed by atoms with Crippen molar-refractivity contribution >= 4 is 11.6 Å². The fourth-order valence-electron chi connectivity index (χ4n) is 2.74. The average Bonchev–Trinajstić information content (AvgIpc) is 2.74. The summed E-state index contributed by atoms with van der Waals surface area (Å²) >= 11 is 0. The summed E-state index contributed by atoms with van der Waals surface area (Å²) in [7, 11) is 0. The molecule has 1 aliphatic rings. The first kappa shape index (κ1) is 14.9. The normalized spacial score (nSPS) is 16.4. The highest BCUT2D eigenvalue weighted by Gasteiger charge is 2.14. The lowest BCUT2D eigenvalue weighted by Gasteiger charge is -2.16. The summed E-state index contributed by atoms with van der Waals surface area (Å²) in [6.45, 7) is 2.50. The number of benzene rings is 1. The van der Waals surface area contributed by atoms with Crippen molar-refractivity contribution in [1.82, 2.24) is 5.32 Å². The second-order valence-electron chi connectivity index (χ2n) is 5.66. The minimum atomic E-state index is 0.108. The average molecular weight is 274 g/mol. The second-order valence-corrected chi connectivity index (χ2v) is 5.66. The molecule has 2 rings (SSSR count). The van der Waals surface area contributed by atoms with Crippen molar-refractivity contribution < 1.29 is 4.79 Å². The predicted molar refractivity (Wildman–Crippen MR) is 83.9 cm³/mol. The fourth-order valence-corrected chi connectivity index (χ4v) is 2.74. The molecule has 0 unspecified atom stereocenters. The number of hydrogen-bond acceptors (Lipinski definition) is 2. The number of hydrogen-bond donors (Lipinski definition) is 2. The molecule has 0 aliphatic heterocycles. The molecule has 1 fully saturated rings. The van der Waals surface area contributed by atoms with E-state index < -0.39 is 0 Å². The molecule has 110 valence electrons. The molecule has 0 aromatic heterocycles. The van der Waals surface area contributed by atoms with E-state index >= 15 is 0 Å². The Balaban J connectivity index is 1.73. The van der Waals surface area contributed by atoms with Gasteiger partial charge in [0.05, 0.1) is 6.54 Å². The highest BCUT2D eigenvalue weighted by Crippen LogP contribution is 2.17. The predicted octanol–water partition coefficient (Wildman–Crippen LogP) is 3.50. The Labute approximate surface area is 122 Å². The van der Waals surface area contributed by atoms with Crippen LogP contribution in [-0.4, -0.2) is 18.5 Å². The number of anilines is 1. The summed E-state index contributed by atoms with van der Waals surface area (Å²) in [6.07, 6.45) is 8.44. The van der Waals surface area contributed by atoms with Gasteiger partial charge in [0, 0.05) is 11.7 Å². The minimum Gasteiger partial charge on any atom is -0.376 e. The van der Waals surface area contributed by atoms with E-state index in [9.17, 15) is 4.79 Å². The van der Waals surface area contributed by atoms with Gasteiger partial charge in [-0.25, -0.2) is 0 Å². The van der Waals surface area contributed by atoms with Crippen molar-refractivity contribution in [2.45, 2.75) is 57.9 Å². The number of amides is 1.